The minimum atomic E-state index is -0.245. The molecule has 148 valence electrons. The van der Waals surface area contributed by atoms with Crippen LogP contribution in [0, 0.1) is 6.92 Å². The molecule has 0 amide bonds. The van der Waals surface area contributed by atoms with Crippen LogP contribution in [0.1, 0.15) is 69.3 Å². The number of allylic oxidation sites excluding steroid dienone is 5. The number of hydrogen-bond donors (Lipinski definition) is 2. The summed E-state index contributed by atoms with van der Waals surface area (Å²) >= 11 is 0. The van der Waals surface area contributed by atoms with Crippen molar-refractivity contribution in [1.29, 1.82) is 0 Å². The molecule has 0 saturated carbocycles. The molecule has 0 heterocycles. The van der Waals surface area contributed by atoms with Crippen LogP contribution in [0.15, 0.2) is 41.0 Å². The van der Waals surface area contributed by atoms with Gasteiger partial charge in [-0.3, -0.25) is 4.79 Å². The highest BCUT2D eigenvalue weighted by Gasteiger charge is 2.15. The Labute approximate surface area is 162 Å². The van der Waals surface area contributed by atoms with Crippen LogP contribution in [-0.2, 0) is 0 Å². The predicted octanol–water partition coefficient (Wildman–Crippen LogP) is 6.02. The van der Waals surface area contributed by atoms with Crippen LogP contribution in [0.4, 0.5) is 0 Å². The molecule has 1 rings (SSSR count). The number of carbonyl (C=O) groups is 1. The number of phenolic OH excluding ortho intramolecular Hbond substituents is 2. The lowest BCUT2D eigenvalue weighted by molar-refractivity contribution is 0.112. The summed E-state index contributed by atoms with van der Waals surface area (Å²) in [6.45, 7) is 10.4. The zero-order chi connectivity index (χ0) is 20.4. The number of rotatable bonds is 10. The molecule has 4 heteroatoms. The van der Waals surface area contributed by atoms with Crippen molar-refractivity contribution in [1.82, 2.24) is 0 Å². The van der Waals surface area contributed by atoms with Gasteiger partial charge in [0.2, 0.25) is 0 Å². The van der Waals surface area contributed by atoms with Crippen molar-refractivity contribution in [2.75, 3.05) is 6.61 Å². The van der Waals surface area contributed by atoms with Crippen LogP contribution in [0.25, 0.3) is 0 Å². The SMILES string of the molecule is CC(C)=CCCC(C)=CCCC(C)=CCOc1c(O)cc(O)c(C=O)c1C. The molecule has 0 spiro atoms. The van der Waals surface area contributed by atoms with E-state index in [9.17, 15) is 15.0 Å². The van der Waals surface area contributed by atoms with Crippen molar-refractivity contribution in [2.24, 2.45) is 0 Å². The van der Waals surface area contributed by atoms with Gasteiger partial charge in [0.25, 0.3) is 0 Å². The van der Waals surface area contributed by atoms with Gasteiger partial charge in [0.05, 0.1) is 5.56 Å². The summed E-state index contributed by atoms with van der Waals surface area (Å²) < 4.78 is 5.62. The predicted molar refractivity (Wildman–Crippen MR) is 111 cm³/mol. The second kappa shape index (κ2) is 11.3. The van der Waals surface area contributed by atoms with E-state index in [1.54, 1.807) is 6.92 Å². The van der Waals surface area contributed by atoms with Crippen molar-refractivity contribution in [3.63, 3.8) is 0 Å². The number of hydrogen-bond acceptors (Lipinski definition) is 4. The molecule has 0 aliphatic rings. The van der Waals surface area contributed by atoms with E-state index >= 15 is 0 Å². The summed E-state index contributed by atoms with van der Waals surface area (Å²) in [4.78, 5) is 11.0. The Morgan fingerprint density at radius 2 is 1.56 bits per heavy atom. The molecule has 0 bridgehead atoms. The van der Waals surface area contributed by atoms with Crippen LogP contribution in [0.5, 0.6) is 17.2 Å². The summed E-state index contributed by atoms with van der Waals surface area (Å²) in [7, 11) is 0. The van der Waals surface area contributed by atoms with Gasteiger partial charge in [-0.25, -0.2) is 0 Å². The van der Waals surface area contributed by atoms with E-state index in [1.165, 1.54) is 16.7 Å². The molecular weight excluding hydrogens is 340 g/mol. The molecule has 1 aromatic rings. The summed E-state index contributed by atoms with van der Waals surface area (Å²) in [6.07, 6.45) is 11.2. The molecular formula is C23H32O4. The number of aromatic hydroxyl groups is 2. The Bertz CT molecular complexity index is 735. The number of benzene rings is 1. The van der Waals surface area contributed by atoms with Crippen LogP contribution < -0.4 is 4.74 Å². The Kier molecular flexibility index (Phi) is 9.41. The zero-order valence-corrected chi connectivity index (χ0v) is 17.1. The highest BCUT2D eigenvalue weighted by molar-refractivity contribution is 5.84. The lowest BCUT2D eigenvalue weighted by Crippen LogP contribution is -2.00. The van der Waals surface area contributed by atoms with Crippen molar-refractivity contribution < 1.29 is 19.7 Å². The quantitative estimate of drug-likeness (QED) is 0.389. The van der Waals surface area contributed by atoms with Gasteiger partial charge in [-0.2, -0.15) is 0 Å². The van der Waals surface area contributed by atoms with Gasteiger partial charge in [-0.15, -0.1) is 0 Å². The van der Waals surface area contributed by atoms with Gasteiger partial charge in [0.1, 0.15) is 12.4 Å². The molecule has 27 heavy (non-hydrogen) atoms. The van der Waals surface area contributed by atoms with E-state index in [0.717, 1.165) is 31.7 Å². The average Bonchev–Trinajstić information content (AvgIpc) is 2.57. The van der Waals surface area contributed by atoms with Gasteiger partial charge >= 0.3 is 0 Å². The van der Waals surface area contributed by atoms with Gasteiger partial charge in [0, 0.05) is 11.6 Å². The largest absolute Gasteiger partial charge is 0.507 e. The molecule has 4 nitrogen and oxygen atoms in total. The fraction of sp³-hybridized carbons (Fsp3) is 0.435. The van der Waals surface area contributed by atoms with Crippen molar-refractivity contribution in [2.45, 2.75) is 60.3 Å². The Hall–Kier alpha value is -2.49. The first kappa shape index (κ1) is 22.6. The topological polar surface area (TPSA) is 66.8 Å². The molecule has 0 atom stereocenters. The molecule has 2 N–H and O–H groups in total. The zero-order valence-electron chi connectivity index (χ0n) is 17.1. The standard InChI is InChI=1S/C23H32O4/c1-16(2)8-6-9-17(3)10-7-11-18(4)12-13-27-23-19(5)20(15-24)21(25)14-22(23)26/h8,10,12,14-15,25-26H,6-7,9,11,13H2,1-5H3. The second-order valence-electron chi connectivity index (χ2n) is 7.17. The maximum absolute atomic E-state index is 11.0. The lowest BCUT2D eigenvalue weighted by atomic mass is 10.1. The molecule has 0 fully saturated rings. The van der Waals surface area contributed by atoms with Crippen LogP contribution in [0.2, 0.25) is 0 Å². The first-order chi connectivity index (χ1) is 12.8. The monoisotopic (exact) mass is 372 g/mol. The Morgan fingerprint density at radius 3 is 2.15 bits per heavy atom. The van der Waals surface area contributed by atoms with Crippen molar-refractivity contribution in [3.8, 4) is 17.2 Å². The molecule has 0 radical (unpaired) electrons. The van der Waals surface area contributed by atoms with E-state index in [-0.39, 0.29) is 22.8 Å². The highest BCUT2D eigenvalue weighted by Crippen LogP contribution is 2.37. The average molecular weight is 373 g/mol. The van der Waals surface area contributed by atoms with Gasteiger partial charge in [0.15, 0.2) is 17.8 Å². The van der Waals surface area contributed by atoms with E-state index in [1.807, 2.05) is 6.08 Å². The van der Waals surface area contributed by atoms with Crippen LogP contribution >= 0.6 is 0 Å². The van der Waals surface area contributed by atoms with E-state index in [4.69, 9.17) is 4.74 Å². The fourth-order valence-electron chi connectivity index (χ4n) is 2.72. The Balaban J connectivity index is 2.54. The van der Waals surface area contributed by atoms with E-state index in [0.29, 0.717) is 18.5 Å². The van der Waals surface area contributed by atoms with Gasteiger partial charge in [-0.1, -0.05) is 28.9 Å². The highest BCUT2D eigenvalue weighted by atomic mass is 16.5. The third-order valence-electron chi connectivity index (χ3n) is 4.43. The van der Waals surface area contributed by atoms with Gasteiger partial charge in [-0.05, 0) is 66.4 Å². The second-order valence-corrected chi connectivity index (χ2v) is 7.17. The van der Waals surface area contributed by atoms with Crippen molar-refractivity contribution in [3.05, 3.63) is 52.1 Å². The van der Waals surface area contributed by atoms with Crippen LogP contribution in [0.3, 0.4) is 0 Å². The minimum Gasteiger partial charge on any atom is -0.507 e. The number of phenols is 2. The maximum Gasteiger partial charge on any atom is 0.165 e. The molecule has 0 saturated heterocycles. The van der Waals surface area contributed by atoms with Crippen LogP contribution in [-0.4, -0.2) is 23.1 Å². The summed E-state index contributed by atoms with van der Waals surface area (Å²) in [6, 6.07) is 1.13. The van der Waals surface area contributed by atoms with E-state index in [2.05, 4.69) is 39.8 Å². The number of ether oxygens (including phenoxy) is 1. The summed E-state index contributed by atoms with van der Waals surface area (Å²) in [5, 5.41) is 19.6. The maximum atomic E-state index is 11.0. The van der Waals surface area contributed by atoms with Crippen molar-refractivity contribution >= 4 is 6.29 Å². The third-order valence-corrected chi connectivity index (χ3v) is 4.43. The first-order valence-electron chi connectivity index (χ1n) is 9.34. The molecule has 0 unspecified atom stereocenters. The molecule has 0 aliphatic carbocycles. The number of aldehydes is 1. The summed E-state index contributed by atoms with van der Waals surface area (Å²) in [5.41, 5.74) is 4.54. The first-order valence-corrected chi connectivity index (χ1v) is 9.34. The summed E-state index contributed by atoms with van der Waals surface area (Å²) in [5.74, 6) is -0.184. The van der Waals surface area contributed by atoms with E-state index < -0.39 is 0 Å². The molecule has 1 aromatic carbocycles. The molecule has 0 aromatic heterocycles. The molecule has 0 aliphatic heterocycles. The number of carbonyl (C=O) groups excluding carboxylic acids is 1. The normalized spacial score (nSPS) is 12.0. The smallest absolute Gasteiger partial charge is 0.165 e. The Morgan fingerprint density at radius 1 is 0.963 bits per heavy atom. The fourth-order valence-corrected chi connectivity index (χ4v) is 2.72. The minimum absolute atomic E-state index is 0.136. The van der Waals surface area contributed by atoms with Gasteiger partial charge < -0.3 is 14.9 Å². The third kappa shape index (κ3) is 7.73. The lowest BCUT2D eigenvalue weighted by Gasteiger charge is -2.12.